The zero-order chi connectivity index (χ0) is 14.3. The molecule has 19 heavy (non-hydrogen) atoms. The lowest BCUT2D eigenvalue weighted by Gasteiger charge is -2.23. The van der Waals surface area contributed by atoms with Gasteiger partial charge in [-0.15, -0.1) is 0 Å². The van der Waals surface area contributed by atoms with Gasteiger partial charge in [-0.25, -0.2) is 0 Å². The fraction of sp³-hybridized carbons (Fsp3) is 0.385. The first-order chi connectivity index (χ1) is 9.08. The minimum absolute atomic E-state index is 0.130. The highest BCUT2D eigenvalue weighted by Gasteiger charge is 2.13. The Hall–Kier alpha value is -1.75. The molecule has 104 valence electrons. The number of carbonyl (C=O) groups is 2. The molecule has 0 saturated carbocycles. The van der Waals surface area contributed by atoms with Crippen molar-refractivity contribution in [3.8, 4) is 0 Å². The molecule has 0 spiro atoms. The molecule has 0 fully saturated rings. The number of benzene rings is 1. The number of esters is 1. The third kappa shape index (κ3) is 4.79. The van der Waals surface area contributed by atoms with Crippen molar-refractivity contribution in [2.75, 3.05) is 31.6 Å². The average Bonchev–Trinajstić information content (AvgIpc) is 2.43. The number of anilines is 1. The molecule has 1 rings (SSSR count). The first kappa shape index (κ1) is 15.3. The molecule has 0 aliphatic carbocycles. The Morgan fingerprint density at radius 3 is 2.63 bits per heavy atom. The van der Waals surface area contributed by atoms with Crippen LogP contribution in [0.15, 0.2) is 24.3 Å². The normalized spacial score (nSPS) is 9.84. The van der Waals surface area contributed by atoms with Gasteiger partial charge < -0.3 is 15.0 Å². The maximum absolute atomic E-state index is 11.7. The Morgan fingerprint density at radius 1 is 1.37 bits per heavy atom. The van der Waals surface area contributed by atoms with Crippen molar-refractivity contribution in [2.45, 2.75) is 6.92 Å². The van der Waals surface area contributed by atoms with E-state index in [0.717, 1.165) is 5.69 Å². The summed E-state index contributed by atoms with van der Waals surface area (Å²) in [5.41, 5.74) is 0.792. The summed E-state index contributed by atoms with van der Waals surface area (Å²) in [4.78, 5) is 24.5. The highest BCUT2D eigenvalue weighted by Crippen LogP contribution is 2.24. The van der Waals surface area contributed by atoms with Crippen molar-refractivity contribution in [2.24, 2.45) is 0 Å². The number of hydrogen-bond acceptors (Lipinski definition) is 4. The maximum atomic E-state index is 11.7. The number of para-hydroxylation sites is 1. The van der Waals surface area contributed by atoms with E-state index < -0.39 is 5.97 Å². The number of rotatable bonds is 6. The minimum atomic E-state index is -0.478. The number of methoxy groups -OCH3 is 1. The summed E-state index contributed by atoms with van der Waals surface area (Å²) < 4.78 is 4.45. The van der Waals surface area contributed by atoms with Crippen LogP contribution in [0, 0.1) is 0 Å². The van der Waals surface area contributed by atoms with Crippen LogP contribution < -0.4 is 10.2 Å². The van der Waals surface area contributed by atoms with Crippen molar-refractivity contribution >= 4 is 29.2 Å². The zero-order valence-electron chi connectivity index (χ0n) is 11.0. The number of likely N-dealkylation sites (N-methyl/N-ethyl adjacent to an activating group) is 1. The Balaban J connectivity index is 2.60. The molecule has 0 atom stereocenters. The second-order valence-electron chi connectivity index (χ2n) is 3.82. The molecule has 0 aliphatic rings. The summed E-state index contributed by atoms with van der Waals surface area (Å²) in [7, 11) is 1.27. The Morgan fingerprint density at radius 2 is 2.05 bits per heavy atom. The van der Waals surface area contributed by atoms with Crippen molar-refractivity contribution < 1.29 is 14.3 Å². The molecule has 0 saturated heterocycles. The molecule has 1 aromatic rings. The number of ether oxygens (including phenoxy) is 1. The van der Waals surface area contributed by atoms with Crippen molar-refractivity contribution in [3.05, 3.63) is 29.3 Å². The summed E-state index contributed by atoms with van der Waals surface area (Å²) in [6.07, 6.45) is 0. The predicted octanol–water partition coefficient (Wildman–Crippen LogP) is 1.46. The van der Waals surface area contributed by atoms with Gasteiger partial charge in [0.15, 0.2) is 0 Å². The topological polar surface area (TPSA) is 58.6 Å². The van der Waals surface area contributed by atoms with Crippen molar-refractivity contribution in [1.82, 2.24) is 5.32 Å². The lowest BCUT2D eigenvalue weighted by Crippen LogP contribution is -2.39. The molecule has 1 N–H and O–H groups in total. The van der Waals surface area contributed by atoms with Crippen LogP contribution in [0.1, 0.15) is 6.92 Å². The second kappa shape index (κ2) is 7.63. The Bertz CT molecular complexity index is 451. The van der Waals surface area contributed by atoms with E-state index in [1.54, 1.807) is 6.07 Å². The molecule has 0 aliphatic heterocycles. The number of carbonyl (C=O) groups excluding carboxylic acids is 2. The number of nitrogens with one attached hydrogen (secondary N) is 1. The summed E-state index contributed by atoms with van der Waals surface area (Å²) >= 11 is 6.08. The highest BCUT2D eigenvalue weighted by atomic mass is 35.5. The second-order valence-corrected chi connectivity index (χ2v) is 4.23. The van der Waals surface area contributed by atoms with Crippen LogP contribution in [-0.4, -0.2) is 38.6 Å². The van der Waals surface area contributed by atoms with E-state index in [4.69, 9.17) is 11.6 Å². The molecule has 0 bridgehead atoms. The summed E-state index contributed by atoms with van der Waals surface area (Å²) in [6, 6.07) is 7.30. The summed E-state index contributed by atoms with van der Waals surface area (Å²) in [6.45, 7) is 2.57. The first-order valence-corrected chi connectivity index (χ1v) is 6.29. The zero-order valence-corrected chi connectivity index (χ0v) is 11.7. The molecule has 0 heterocycles. The van der Waals surface area contributed by atoms with E-state index in [0.29, 0.717) is 11.6 Å². The molecule has 1 aromatic carbocycles. The number of hydrogen-bond donors (Lipinski definition) is 1. The van der Waals surface area contributed by atoms with Crippen LogP contribution in [0.4, 0.5) is 5.69 Å². The van der Waals surface area contributed by atoms with E-state index in [2.05, 4.69) is 10.1 Å². The number of amides is 1. The van der Waals surface area contributed by atoms with Gasteiger partial charge in [-0.2, -0.15) is 0 Å². The van der Waals surface area contributed by atoms with Gasteiger partial charge >= 0.3 is 5.97 Å². The SMILES string of the molecule is CCN(CC(=O)NCC(=O)OC)c1ccccc1Cl. The summed E-state index contributed by atoms with van der Waals surface area (Å²) in [5, 5.41) is 3.08. The van der Waals surface area contributed by atoms with Crippen LogP contribution in [-0.2, 0) is 14.3 Å². The van der Waals surface area contributed by atoms with E-state index in [9.17, 15) is 9.59 Å². The van der Waals surface area contributed by atoms with Crippen LogP contribution in [0.2, 0.25) is 5.02 Å². The van der Waals surface area contributed by atoms with Gasteiger partial charge in [-0.05, 0) is 19.1 Å². The smallest absolute Gasteiger partial charge is 0.325 e. The fourth-order valence-electron chi connectivity index (χ4n) is 1.55. The van der Waals surface area contributed by atoms with Crippen LogP contribution in [0.3, 0.4) is 0 Å². The monoisotopic (exact) mass is 284 g/mol. The van der Waals surface area contributed by atoms with E-state index in [1.165, 1.54) is 7.11 Å². The van der Waals surface area contributed by atoms with Crippen LogP contribution >= 0.6 is 11.6 Å². The predicted molar refractivity (Wildman–Crippen MR) is 74.4 cm³/mol. The standard InChI is InChI=1S/C13H17ClN2O3/c1-3-16(11-7-5-4-6-10(11)14)9-12(17)15-8-13(18)19-2/h4-7H,3,8-9H2,1-2H3,(H,15,17). The largest absolute Gasteiger partial charge is 0.468 e. The molecular weight excluding hydrogens is 268 g/mol. The van der Waals surface area contributed by atoms with Crippen LogP contribution in [0.25, 0.3) is 0 Å². The Labute approximate surface area is 117 Å². The number of halogens is 1. The minimum Gasteiger partial charge on any atom is -0.468 e. The van der Waals surface area contributed by atoms with Crippen molar-refractivity contribution in [3.63, 3.8) is 0 Å². The Kier molecular flexibility index (Phi) is 6.15. The number of nitrogens with zero attached hydrogens (tertiary/aromatic N) is 1. The molecule has 0 radical (unpaired) electrons. The van der Waals surface area contributed by atoms with Gasteiger partial charge in [0.05, 0.1) is 24.4 Å². The molecule has 1 amide bonds. The summed E-state index contributed by atoms with van der Waals surface area (Å²) in [5.74, 6) is -0.735. The van der Waals surface area contributed by atoms with E-state index >= 15 is 0 Å². The molecule has 0 unspecified atom stereocenters. The fourth-order valence-corrected chi connectivity index (χ4v) is 1.80. The molecule has 6 heteroatoms. The van der Waals surface area contributed by atoms with E-state index in [-0.39, 0.29) is 19.0 Å². The van der Waals surface area contributed by atoms with Crippen LogP contribution in [0.5, 0.6) is 0 Å². The van der Waals surface area contributed by atoms with Gasteiger partial charge in [-0.3, -0.25) is 9.59 Å². The van der Waals surface area contributed by atoms with Crippen molar-refractivity contribution in [1.29, 1.82) is 0 Å². The van der Waals surface area contributed by atoms with Gasteiger partial charge in [0, 0.05) is 6.54 Å². The van der Waals surface area contributed by atoms with Gasteiger partial charge in [-0.1, -0.05) is 23.7 Å². The van der Waals surface area contributed by atoms with Gasteiger partial charge in [0.1, 0.15) is 6.54 Å². The highest BCUT2D eigenvalue weighted by molar-refractivity contribution is 6.33. The third-order valence-corrected chi connectivity index (χ3v) is 2.89. The molecule has 5 nitrogen and oxygen atoms in total. The lowest BCUT2D eigenvalue weighted by atomic mass is 10.3. The quantitative estimate of drug-likeness (QED) is 0.804. The maximum Gasteiger partial charge on any atom is 0.325 e. The first-order valence-electron chi connectivity index (χ1n) is 5.91. The molecule has 0 aromatic heterocycles. The average molecular weight is 285 g/mol. The van der Waals surface area contributed by atoms with Gasteiger partial charge in [0.25, 0.3) is 0 Å². The van der Waals surface area contributed by atoms with E-state index in [1.807, 2.05) is 30.0 Å². The lowest BCUT2D eigenvalue weighted by molar-refractivity contribution is -0.141. The third-order valence-electron chi connectivity index (χ3n) is 2.57. The molecular formula is C13H17ClN2O3. The van der Waals surface area contributed by atoms with Gasteiger partial charge in [0.2, 0.25) is 5.91 Å².